The number of alkyl halides is 3. The van der Waals surface area contributed by atoms with Crippen molar-refractivity contribution < 1.29 is 18.0 Å². The van der Waals surface area contributed by atoms with Crippen molar-refractivity contribution in [3.63, 3.8) is 0 Å². The lowest BCUT2D eigenvalue weighted by Crippen LogP contribution is -2.51. The number of hydrogen-bond donors (Lipinski definition) is 1. The molecule has 1 atom stereocenters. The van der Waals surface area contributed by atoms with Crippen LogP contribution in [0.2, 0.25) is 0 Å². The Labute approximate surface area is 86.6 Å². The lowest BCUT2D eigenvalue weighted by Gasteiger charge is -2.32. The number of nitrogens with zero attached hydrogens (tertiary/aromatic N) is 1. The number of carbonyl (C=O) groups excluding carboxylic acids is 1. The summed E-state index contributed by atoms with van der Waals surface area (Å²) in [6, 6.07) is 0.161. The molecule has 1 aliphatic heterocycles. The van der Waals surface area contributed by atoms with Crippen LogP contribution < -0.4 is 5.32 Å². The largest absolute Gasteiger partial charge is 0.389 e. The molecule has 0 bridgehead atoms. The van der Waals surface area contributed by atoms with E-state index in [1.165, 1.54) is 4.90 Å². The highest BCUT2D eigenvalue weighted by molar-refractivity contribution is 5.76. The summed E-state index contributed by atoms with van der Waals surface area (Å²) in [5, 5.41) is 3.12. The number of rotatable bonds is 2. The SMILES string of the molecule is CC1CN(C(=O)CCC(F)(F)F)CCN1. The monoisotopic (exact) mass is 224 g/mol. The molecule has 0 saturated carbocycles. The second-order valence-electron chi connectivity index (χ2n) is 3.81. The molecule has 1 heterocycles. The quantitative estimate of drug-likeness (QED) is 0.763. The molecule has 0 aromatic rings. The first-order chi connectivity index (χ1) is 6.88. The van der Waals surface area contributed by atoms with E-state index in [1.807, 2.05) is 6.92 Å². The Balaban J connectivity index is 2.33. The van der Waals surface area contributed by atoms with Gasteiger partial charge in [-0.3, -0.25) is 4.79 Å². The molecule has 0 aliphatic carbocycles. The summed E-state index contributed by atoms with van der Waals surface area (Å²) in [6.07, 6.45) is -5.70. The van der Waals surface area contributed by atoms with Gasteiger partial charge in [0.05, 0.1) is 6.42 Å². The van der Waals surface area contributed by atoms with E-state index in [0.717, 1.165) is 0 Å². The molecular formula is C9H15F3N2O. The predicted octanol–water partition coefficient (Wildman–Crippen LogP) is 1.15. The van der Waals surface area contributed by atoms with Crippen LogP contribution in [0.25, 0.3) is 0 Å². The van der Waals surface area contributed by atoms with Gasteiger partial charge >= 0.3 is 6.18 Å². The zero-order valence-corrected chi connectivity index (χ0v) is 8.60. The van der Waals surface area contributed by atoms with Gasteiger partial charge in [0, 0.05) is 32.1 Å². The first-order valence-corrected chi connectivity index (χ1v) is 4.96. The van der Waals surface area contributed by atoms with Crippen molar-refractivity contribution in [2.24, 2.45) is 0 Å². The number of halogens is 3. The molecule has 1 amide bonds. The average Bonchev–Trinajstić information content (AvgIpc) is 2.13. The molecule has 3 nitrogen and oxygen atoms in total. The molecule has 1 rings (SSSR count). The van der Waals surface area contributed by atoms with Crippen molar-refractivity contribution in [2.45, 2.75) is 32.0 Å². The van der Waals surface area contributed by atoms with Crippen LogP contribution >= 0.6 is 0 Å². The molecular weight excluding hydrogens is 209 g/mol. The van der Waals surface area contributed by atoms with E-state index in [9.17, 15) is 18.0 Å². The van der Waals surface area contributed by atoms with E-state index < -0.39 is 24.9 Å². The highest BCUT2D eigenvalue weighted by atomic mass is 19.4. The third kappa shape index (κ3) is 4.51. The maximum Gasteiger partial charge on any atom is 0.389 e. The van der Waals surface area contributed by atoms with Crippen molar-refractivity contribution in [3.8, 4) is 0 Å². The number of amides is 1. The molecule has 1 unspecified atom stereocenters. The maximum atomic E-state index is 11.9. The minimum atomic E-state index is -4.24. The van der Waals surface area contributed by atoms with Gasteiger partial charge in [-0.15, -0.1) is 0 Å². The van der Waals surface area contributed by atoms with Crippen molar-refractivity contribution in [1.29, 1.82) is 0 Å². The van der Waals surface area contributed by atoms with Crippen LogP contribution in [0, 0.1) is 0 Å². The van der Waals surface area contributed by atoms with Crippen LogP contribution in [0.15, 0.2) is 0 Å². The van der Waals surface area contributed by atoms with Gasteiger partial charge in [-0.05, 0) is 6.92 Å². The normalized spacial score (nSPS) is 22.9. The fourth-order valence-electron chi connectivity index (χ4n) is 1.57. The number of hydrogen-bond acceptors (Lipinski definition) is 2. The van der Waals surface area contributed by atoms with Crippen LogP contribution in [-0.2, 0) is 4.79 Å². The Morgan fingerprint density at radius 3 is 2.73 bits per heavy atom. The van der Waals surface area contributed by atoms with Crippen LogP contribution in [0.1, 0.15) is 19.8 Å². The summed E-state index contributed by atoms with van der Waals surface area (Å²) < 4.78 is 35.6. The van der Waals surface area contributed by atoms with Gasteiger partial charge < -0.3 is 10.2 Å². The Bertz CT molecular complexity index is 230. The molecule has 0 spiro atoms. The van der Waals surface area contributed by atoms with Crippen molar-refractivity contribution >= 4 is 5.91 Å². The number of carbonyl (C=O) groups is 1. The Morgan fingerprint density at radius 1 is 1.53 bits per heavy atom. The average molecular weight is 224 g/mol. The van der Waals surface area contributed by atoms with Crippen molar-refractivity contribution in [3.05, 3.63) is 0 Å². The molecule has 1 saturated heterocycles. The lowest BCUT2D eigenvalue weighted by atomic mass is 10.2. The van der Waals surface area contributed by atoms with Crippen molar-refractivity contribution in [2.75, 3.05) is 19.6 Å². The highest BCUT2D eigenvalue weighted by Gasteiger charge is 2.29. The molecule has 1 N–H and O–H groups in total. The fraction of sp³-hybridized carbons (Fsp3) is 0.889. The zero-order chi connectivity index (χ0) is 11.5. The van der Waals surface area contributed by atoms with Gasteiger partial charge in [0.2, 0.25) is 5.91 Å². The lowest BCUT2D eigenvalue weighted by molar-refractivity contribution is -0.149. The number of piperazine rings is 1. The second-order valence-corrected chi connectivity index (χ2v) is 3.81. The minimum Gasteiger partial charge on any atom is -0.340 e. The van der Waals surface area contributed by atoms with E-state index in [-0.39, 0.29) is 6.04 Å². The summed E-state index contributed by atoms with van der Waals surface area (Å²) in [4.78, 5) is 12.9. The van der Waals surface area contributed by atoms with Crippen LogP contribution in [0.3, 0.4) is 0 Å². The molecule has 1 aliphatic rings. The molecule has 15 heavy (non-hydrogen) atoms. The second kappa shape index (κ2) is 4.83. The standard InChI is InChI=1S/C9H15F3N2O/c1-7-6-14(5-4-13-7)8(15)2-3-9(10,11)12/h7,13H,2-6H2,1H3. The molecule has 1 fully saturated rings. The summed E-state index contributed by atoms with van der Waals surface area (Å²) in [5.41, 5.74) is 0. The highest BCUT2D eigenvalue weighted by Crippen LogP contribution is 2.21. The van der Waals surface area contributed by atoms with Gasteiger partial charge in [-0.2, -0.15) is 13.2 Å². The molecule has 0 aromatic heterocycles. The van der Waals surface area contributed by atoms with Crippen LogP contribution in [0.4, 0.5) is 13.2 Å². The third-order valence-corrected chi connectivity index (χ3v) is 2.34. The third-order valence-electron chi connectivity index (χ3n) is 2.34. The van der Waals surface area contributed by atoms with Gasteiger partial charge in [0.25, 0.3) is 0 Å². The Kier molecular flexibility index (Phi) is 3.96. The molecule has 6 heteroatoms. The Morgan fingerprint density at radius 2 is 2.20 bits per heavy atom. The van der Waals surface area contributed by atoms with E-state index in [4.69, 9.17) is 0 Å². The zero-order valence-electron chi connectivity index (χ0n) is 8.60. The summed E-state index contributed by atoms with van der Waals surface area (Å²) in [6.45, 7) is 3.56. The van der Waals surface area contributed by atoms with Gasteiger partial charge in [0.1, 0.15) is 0 Å². The number of nitrogens with one attached hydrogen (secondary N) is 1. The van der Waals surface area contributed by atoms with Gasteiger partial charge in [-0.1, -0.05) is 0 Å². The van der Waals surface area contributed by atoms with Crippen LogP contribution in [0.5, 0.6) is 0 Å². The van der Waals surface area contributed by atoms with Crippen LogP contribution in [-0.4, -0.2) is 42.7 Å². The first-order valence-electron chi connectivity index (χ1n) is 4.96. The van der Waals surface area contributed by atoms with E-state index in [1.54, 1.807) is 0 Å². The topological polar surface area (TPSA) is 32.3 Å². The van der Waals surface area contributed by atoms with E-state index in [0.29, 0.717) is 19.6 Å². The molecule has 0 radical (unpaired) electrons. The van der Waals surface area contributed by atoms with Crippen molar-refractivity contribution in [1.82, 2.24) is 10.2 Å². The van der Waals surface area contributed by atoms with Gasteiger partial charge in [0.15, 0.2) is 0 Å². The molecule has 0 aromatic carbocycles. The first kappa shape index (κ1) is 12.3. The Hall–Kier alpha value is -0.780. The minimum absolute atomic E-state index is 0.161. The summed E-state index contributed by atoms with van der Waals surface area (Å²) in [5.74, 6) is -0.402. The smallest absolute Gasteiger partial charge is 0.340 e. The predicted molar refractivity (Wildman–Crippen MR) is 49.3 cm³/mol. The summed E-state index contributed by atoms with van der Waals surface area (Å²) >= 11 is 0. The maximum absolute atomic E-state index is 11.9. The van der Waals surface area contributed by atoms with E-state index >= 15 is 0 Å². The summed E-state index contributed by atoms with van der Waals surface area (Å²) in [7, 11) is 0. The molecule has 88 valence electrons. The fourth-order valence-corrected chi connectivity index (χ4v) is 1.57. The van der Waals surface area contributed by atoms with Gasteiger partial charge in [-0.25, -0.2) is 0 Å². The van der Waals surface area contributed by atoms with E-state index in [2.05, 4.69) is 5.32 Å².